The third-order valence-corrected chi connectivity index (χ3v) is 4.10. The van der Waals surface area contributed by atoms with E-state index in [4.69, 9.17) is 0 Å². The molecule has 3 heteroatoms. The first-order chi connectivity index (χ1) is 10.9. The molecule has 1 aromatic carbocycles. The smallest absolute Gasteiger partial charge is 0.147 e. The van der Waals surface area contributed by atoms with E-state index < -0.39 is 0 Å². The summed E-state index contributed by atoms with van der Waals surface area (Å²) in [5.74, 6) is 1.11. The third-order valence-electron chi connectivity index (χ3n) is 3.39. The average molecular weight is 455 g/mol. The van der Waals surface area contributed by atoms with Crippen LogP contribution in [0, 0.1) is 24.0 Å². The minimum atomic E-state index is 0. The van der Waals surface area contributed by atoms with E-state index >= 15 is 0 Å². The standard InChI is InChI=1S/C8H8.2C7H9.2ClH.Zr/c1-2-8-6-4-3-5-7-8;2*1-6-3-4-7(2)5-6;;;/h3-7H,1H3;2*3-4,6H,1-2H3;2*1H;/q;2*-1;;;+2. The largest absolute Gasteiger partial charge is 0.147 e. The molecule has 0 saturated heterocycles. The summed E-state index contributed by atoms with van der Waals surface area (Å²) < 4.78 is 1.46. The zero-order valence-corrected chi connectivity index (χ0v) is 19.8. The van der Waals surface area contributed by atoms with Crippen LogP contribution in [0.2, 0.25) is 0 Å². The molecule has 0 heterocycles. The van der Waals surface area contributed by atoms with Gasteiger partial charge in [-0.2, -0.15) is 12.2 Å². The van der Waals surface area contributed by atoms with Crippen LogP contribution in [0.25, 0.3) is 0 Å². The summed E-state index contributed by atoms with van der Waals surface area (Å²) in [5.41, 5.74) is 3.91. The van der Waals surface area contributed by atoms with Crippen molar-refractivity contribution in [2.24, 2.45) is 11.8 Å². The van der Waals surface area contributed by atoms with Crippen LogP contribution in [0.1, 0.15) is 40.2 Å². The maximum Gasteiger partial charge on any atom is -0.147 e. The second kappa shape index (κ2) is 14.7. The number of hydrogen-bond donors (Lipinski definition) is 0. The van der Waals surface area contributed by atoms with E-state index in [0.717, 1.165) is 0 Å². The van der Waals surface area contributed by atoms with Gasteiger partial charge in [-0.15, -0.1) is 24.8 Å². The summed E-state index contributed by atoms with van der Waals surface area (Å²) in [6.07, 6.45) is 14.9. The van der Waals surface area contributed by atoms with Gasteiger partial charge in [-0.25, -0.2) is 23.3 Å². The number of allylic oxidation sites excluding steroid dienone is 8. The quantitative estimate of drug-likeness (QED) is 0.425. The number of rotatable bonds is 1. The van der Waals surface area contributed by atoms with Crippen LogP contribution in [0.15, 0.2) is 65.8 Å². The Morgan fingerprint density at radius 1 is 0.840 bits per heavy atom. The molecule has 0 spiro atoms. The van der Waals surface area contributed by atoms with E-state index in [-0.39, 0.29) is 24.8 Å². The zero-order valence-electron chi connectivity index (χ0n) is 15.7. The van der Waals surface area contributed by atoms with Crippen molar-refractivity contribution in [2.75, 3.05) is 0 Å². The van der Waals surface area contributed by atoms with Gasteiger partial charge >= 0.3 is 70.3 Å². The van der Waals surface area contributed by atoms with E-state index in [2.05, 4.69) is 95.3 Å². The third kappa shape index (κ3) is 12.5. The summed E-state index contributed by atoms with van der Waals surface area (Å²) in [6, 6.07) is 10.5. The molecule has 0 fully saturated rings. The molecule has 0 bridgehead atoms. The van der Waals surface area contributed by atoms with Gasteiger partial charge in [0, 0.05) is 0 Å². The zero-order chi connectivity index (χ0) is 17.2. The van der Waals surface area contributed by atoms with Crippen LogP contribution >= 0.6 is 24.8 Å². The predicted molar refractivity (Wildman–Crippen MR) is 112 cm³/mol. The maximum absolute atomic E-state index is 3.22. The van der Waals surface area contributed by atoms with Crippen molar-refractivity contribution in [3.8, 4) is 0 Å². The minimum Gasteiger partial charge on any atom is -0.147 e. The molecule has 0 N–H and O–H groups in total. The van der Waals surface area contributed by atoms with Gasteiger partial charge in [0.25, 0.3) is 0 Å². The summed E-state index contributed by atoms with van der Waals surface area (Å²) in [7, 11) is 0. The first-order valence-corrected chi connectivity index (χ1v) is 9.28. The summed E-state index contributed by atoms with van der Waals surface area (Å²) >= 11 is 1.51. The first kappa shape index (κ1) is 26.7. The molecular formula is C22H28Cl2Zr. The van der Waals surface area contributed by atoms with Crippen molar-refractivity contribution in [1.82, 2.24) is 0 Å². The fourth-order valence-electron chi connectivity index (χ4n) is 2.18. The van der Waals surface area contributed by atoms with Crippen LogP contribution in [-0.4, -0.2) is 3.21 Å². The topological polar surface area (TPSA) is 0 Å². The summed E-state index contributed by atoms with van der Waals surface area (Å²) in [6.45, 7) is 10.6. The fourth-order valence-corrected chi connectivity index (χ4v) is 2.59. The van der Waals surface area contributed by atoms with E-state index in [1.807, 2.05) is 6.07 Å². The maximum atomic E-state index is 3.22. The number of hydrogen-bond acceptors (Lipinski definition) is 0. The van der Waals surface area contributed by atoms with Gasteiger partial charge in [0.2, 0.25) is 0 Å². The summed E-state index contributed by atoms with van der Waals surface area (Å²) in [5, 5.41) is 0. The van der Waals surface area contributed by atoms with Crippen molar-refractivity contribution < 1.29 is 24.2 Å². The van der Waals surface area contributed by atoms with Crippen LogP contribution in [0.4, 0.5) is 0 Å². The molecule has 3 rings (SSSR count). The van der Waals surface area contributed by atoms with E-state index in [1.54, 1.807) is 0 Å². The molecule has 2 unspecified atom stereocenters. The van der Waals surface area contributed by atoms with Crippen molar-refractivity contribution >= 4 is 28.0 Å². The molecule has 0 aliphatic heterocycles. The van der Waals surface area contributed by atoms with Gasteiger partial charge in [0.05, 0.1) is 0 Å². The van der Waals surface area contributed by atoms with Gasteiger partial charge in [-0.3, -0.25) is 12.2 Å². The normalized spacial score (nSPS) is 19.2. The summed E-state index contributed by atoms with van der Waals surface area (Å²) in [4.78, 5) is 0. The Labute approximate surface area is 181 Å². The van der Waals surface area contributed by atoms with Crippen LogP contribution in [-0.2, 0) is 24.2 Å². The predicted octanol–water partition coefficient (Wildman–Crippen LogP) is 6.50. The molecule has 134 valence electrons. The number of halogens is 2. The van der Waals surface area contributed by atoms with Crippen LogP contribution in [0.5, 0.6) is 0 Å². The first-order valence-electron chi connectivity index (χ1n) is 8.05. The van der Waals surface area contributed by atoms with Crippen molar-refractivity contribution in [3.05, 3.63) is 83.5 Å². The molecule has 25 heavy (non-hydrogen) atoms. The van der Waals surface area contributed by atoms with Gasteiger partial charge in [0.1, 0.15) is 0 Å². The molecule has 2 atom stereocenters. The SMILES string of the molecule is CC1=[C-]C(C)C=C1.CC1=[C-]C(C)C=C1.C[C](=[Zr+2])c1ccccc1.Cl.Cl. The van der Waals surface area contributed by atoms with Gasteiger partial charge in [-0.05, 0) is 0 Å². The number of benzene rings is 1. The van der Waals surface area contributed by atoms with Crippen LogP contribution in [0.3, 0.4) is 0 Å². The molecule has 2 aliphatic rings. The molecular weight excluding hydrogens is 426 g/mol. The van der Waals surface area contributed by atoms with Crippen molar-refractivity contribution in [2.45, 2.75) is 34.6 Å². The fraction of sp³-hybridized carbons (Fsp3) is 0.318. The Bertz CT molecular complexity index is 593. The minimum absolute atomic E-state index is 0. The van der Waals surface area contributed by atoms with Crippen molar-refractivity contribution in [1.29, 1.82) is 0 Å². The van der Waals surface area contributed by atoms with Gasteiger partial charge < -0.3 is 0 Å². The molecule has 0 amide bonds. The Kier molecular flexibility index (Phi) is 15.7. The molecule has 0 radical (unpaired) electrons. The molecule has 0 saturated carbocycles. The van der Waals surface area contributed by atoms with E-state index in [9.17, 15) is 0 Å². The average Bonchev–Trinajstić information content (AvgIpc) is 3.08. The van der Waals surface area contributed by atoms with Gasteiger partial charge in [-0.1, -0.05) is 39.5 Å². The van der Waals surface area contributed by atoms with E-state index in [1.165, 1.54) is 44.2 Å². The Morgan fingerprint density at radius 3 is 1.40 bits per heavy atom. The van der Waals surface area contributed by atoms with E-state index in [0.29, 0.717) is 11.8 Å². The Hall–Kier alpha value is -0.487. The second-order valence-electron chi connectivity index (χ2n) is 5.94. The van der Waals surface area contributed by atoms with Crippen LogP contribution < -0.4 is 0 Å². The monoisotopic (exact) mass is 452 g/mol. The Balaban J connectivity index is 0. The molecule has 0 aromatic heterocycles. The van der Waals surface area contributed by atoms with Gasteiger partial charge in [0.15, 0.2) is 0 Å². The Morgan fingerprint density at radius 2 is 1.24 bits per heavy atom. The molecule has 2 aliphatic carbocycles. The molecule has 1 aromatic rings. The second-order valence-corrected chi connectivity index (χ2v) is 7.78. The molecule has 0 nitrogen and oxygen atoms in total. The van der Waals surface area contributed by atoms with Crippen molar-refractivity contribution in [3.63, 3.8) is 0 Å².